The van der Waals surface area contributed by atoms with Gasteiger partial charge in [-0.2, -0.15) is 0 Å². The molecule has 1 aromatic heterocycles. The molecule has 0 bridgehead atoms. The average molecular weight is 362 g/mol. The number of hydrogen-bond acceptors (Lipinski definition) is 0. The monoisotopic (exact) mass is 361 g/mol. The van der Waals surface area contributed by atoms with E-state index in [4.69, 9.17) is 0 Å². The summed E-state index contributed by atoms with van der Waals surface area (Å²) < 4.78 is 4.52. The first-order chi connectivity index (χ1) is 13.3. The molecule has 2 heteroatoms. The van der Waals surface area contributed by atoms with Crippen molar-refractivity contribution in [1.82, 2.24) is 4.57 Å². The molecule has 142 valence electrons. The van der Waals surface area contributed by atoms with Crippen molar-refractivity contribution < 1.29 is 4.57 Å². The van der Waals surface area contributed by atoms with Gasteiger partial charge >= 0.3 is 0 Å². The maximum absolute atomic E-state index is 2.28. The van der Waals surface area contributed by atoms with Gasteiger partial charge in [-0.25, -0.2) is 9.13 Å². The normalized spacial score (nSPS) is 11.0. The van der Waals surface area contributed by atoms with E-state index in [0.717, 1.165) is 13.1 Å². The van der Waals surface area contributed by atoms with Crippen LogP contribution >= 0.6 is 0 Å². The summed E-state index contributed by atoms with van der Waals surface area (Å²) in [4.78, 5) is 0. The van der Waals surface area contributed by atoms with Crippen LogP contribution in [-0.4, -0.2) is 4.57 Å². The minimum absolute atomic E-state index is 0.928. The molecule has 0 amide bonds. The van der Waals surface area contributed by atoms with Gasteiger partial charge in [0.1, 0.15) is 25.5 Å². The van der Waals surface area contributed by atoms with E-state index in [1.54, 1.807) is 0 Å². The van der Waals surface area contributed by atoms with Crippen LogP contribution in [0.2, 0.25) is 0 Å². The van der Waals surface area contributed by atoms with E-state index in [0.29, 0.717) is 0 Å². The van der Waals surface area contributed by atoms with Crippen LogP contribution in [-0.2, 0) is 25.9 Å². The average Bonchev–Trinajstić information content (AvgIpc) is 3.13. The first-order valence-corrected chi connectivity index (χ1v) is 10.5. The first kappa shape index (κ1) is 19.4. The summed E-state index contributed by atoms with van der Waals surface area (Å²) in [6.45, 7) is 6.35. The molecule has 0 aliphatic rings. The van der Waals surface area contributed by atoms with Crippen LogP contribution < -0.4 is 4.57 Å². The van der Waals surface area contributed by atoms with E-state index in [-0.39, 0.29) is 0 Å². The number of aromatic nitrogens is 2. The molecule has 0 aliphatic heterocycles. The fraction of sp³-hybridized carbons (Fsp3) is 0.400. The molecule has 1 heterocycles. The maximum Gasteiger partial charge on any atom is 0.244 e. The highest BCUT2D eigenvalue weighted by Crippen LogP contribution is 2.10. The van der Waals surface area contributed by atoms with Gasteiger partial charge in [0.25, 0.3) is 0 Å². The minimum atomic E-state index is 0.928. The number of unbranched alkanes of at least 4 members (excludes halogenated alkanes) is 2. The van der Waals surface area contributed by atoms with E-state index >= 15 is 0 Å². The topological polar surface area (TPSA) is 8.81 Å². The van der Waals surface area contributed by atoms with Gasteiger partial charge in [-0.3, -0.25) is 0 Å². The molecule has 0 aliphatic carbocycles. The molecule has 0 radical (unpaired) electrons. The molecule has 0 atom stereocenters. The molecule has 3 aromatic rings. The maximum atomic E-state index is 2.28. The van der Waals surface area contributed by atoms with Crippen molar-refractivity contribution >= 4 is 0 Å². The number of rotatable bonds is 10. The Labute approximate surface area is 164 Å². The van der Waals surface area contributed by atoms with E-state index in [9.17, 15) is 0 Å². The highest BCUT2D eigenvalue weighted by atomic mass is 15.1. The number of imidazole rings is 1. The Balaban J connectivity index is 1.55. The molecule has 0 unspecified atom stereocenters. The molecule has 2 aromatic carbocycles. The van der Waals surface area contributed by atoms with Gasteiger partial charge in [0, 0.05) is 0 Å². The third-order valence-electron chi connectivity index (χ3n) is 5.16. The Morgan fingerprint density at radius 2 is 1.22 bits per heavy atom. The number of aryl methyl sites for hydroxylation is 2. The van der Waals surface area contributed by atoms with Crippen molar-refractivity contribution in [2.24, 2.45) is 0 Å². The summed E-state index contributed by atoms with van der Waals surface area (Å²) in [5.41, 5.74) is 5.62. The van der Waals surface area contributed by atoms with E-state index in [2.05, 4.69) is 90.2 Å². The second-order valence-electron chi connectivity index (χ2n) is 7.60. The molecule has 0 saturated heterocycles. The van der Waals surface area contributed by atoms with Crippen LogP contribution in [0.5, 0.6) is 0 Å². The summed E-state index contributed by atoms with van der Waals surface area (Å²) in [5, 5.41) is 0. The van der Waals surface area contributed by atoms with Crippen LogP contribution in [0.3, 0.4) is 0 Å². The van der Waals surface area contributed by atoms with Crippen molar-refractivity contribution in [3.05, 3.63) is 89.5 Å². The smallest absolute Gasteiger partial charge is 0.233 e. The van der Waals surface area contributed by atoms with Crippen LogP contribution in [0.1, 0.15) is 61.8 Å². The quantitative estimate of drug-likeness (QED) is 0.418. The molecule has 27 heavy (non-hydrogen) atoms. The lowest BCUT2D eigenvalue weighted by atomic mass is 10.1. The zero-order valence-corrected chi connectivity index (χ0v) is 16.9. The minimum Gasteiger partial charge on any atom is -0.233 e. The highest BCUT2D eigenvalue weighted by molar-refractivity contribution is 5.23. The fourth-order valence-electron chi connectivity index (χ4n) is 3.43. The lowest BCUT2D eigenvalue weighted by Crippen LogP contribution is -2.31. The Morgan fingerprint density at radius 3 is 1.78 bits per heavy atom. The predicted octanol–water partition coefficient (Wildman–Crippen LogP) is 5.56. The van der Waals surface area contributed by atoms with E-state index < -0.39 is 0 Å². The first-order valence-electron chi connectivity index (χ1n) is 10.5. The molecular formula is C25H33N2+. The fourth-order valence-corrected chi connectivity index (χ4v) is 3.43. The molecule has 0 spiro atoms. The Hall–Kier alpha value is -2.35. The highest BCUT2D eigenvalue weighted by Gasteiger charge is 2.06. The number of nitrogens with zero attached hydrogens (tertiary/aromatic N) is 2. The van der Waals surface area contributed by atoms with Gasteiger partial charge in [-0.15, -0.1) is 0 Å². The lowest BCUT2D eigenvalue weighted by molar-refractivity contribution is -0.687. The lowest BCUT2D eigenvalue weighted by Gasteiger charge is -2.03. The van der Waals surface area contributed by atoms with Gasteiger partial charge in [-0.05, 0) is 47.9 Å². The summed E-state index contributed by atoms with van der Waals surface area (Å²) in [6.07, 6.45) is 14.0. The van der Waals surface area contributed by atoms with Crippen molar-refractivity contribution in [1.29, 1.82) is 0 Å². The standard InChI is InChI=1S/C25H33N2/c1-3-5-7-22-9-13-24(14-10-22)19-26-17-18-27(21-26)20-25-15-11-23(12-16-25)8-6-4-2/h9-18,21H,3-8,19-20H2,1-2H3/q+1. The second kappa shape index (κ2) is 10.1. The summed E-state index contributed by atoms with van der Waals surface area (Å²) in [6, 6.07) is 18.2. The zero-order chi connectivity index (χ0) is 18.9. The summed E-state index contributed by atoms with van der Waals surface area (Å²) in [5.74, 6) is 0. The van der Waals surface area contributed by atoms with Gasteiger partial charge in [0.05, 0.1) is 0 Å². The molecular weight excluding hydrogens is 328 g/mol. The third kappa shape index (κ3) is 6.09. The van der Waals surface area contributed by atoms with Crippen molar-refractivity contribution in [2.75, 3.05) is 0 Å². The molecule has 3 rings (SSSR count). The molecule has 0 saturated carbocycles. The Morgan fingerprint density at radius 1 is 0.704 bits per heavy atom. The van der Waals surface area contributed by atoms with Gasteiger partial charge in [-0.1, -0.05) is 75.2 Å². The Bertz CT molecular complexity index is 729. The van der Waals surface area contributed by atoms with Crippen LogP contribution in [0.25, 0.3) is 0 Å². The summed E-state index contributed by atoms with van der Waals surface area (Å²) in [7, 11) is 0. The number of benzene rings is 2. The largest absolute Gasteiger partial charge is 0.244 e. The van der Waals surface area contributed by atoms with Crippen LogP contribution in [0.4, 0.5) is 0 Å². The van der Waals surface area contributed by atoms with E-state index in [1.165, 1.54) is 60.8 Å². The van der Waals surface area contributed by atoms with Crippen molar-refractivity contribution in [3.63, 3.8) is 0 Å². The Kier molecular flexibility index (Phi) is 7.27. The van der Waals surface area contributed by atoms with Crippen LogP contribution in [0.15, 0.2) is 67.3 Å². The molecule has 0 fully saturated rings. The predicted molar refractivity (Wildman–Crippen MR) is 113 cm³/mol. The van der Waals surface area contributed by atoms with Crippen molar-refractivity contribution in [3.8, 4) is 0 Å². The van der Waals surface area contributed by atoms with Gasteiger partial charge in [0.2, 0.25) is 6.33 Å². The van der Waals surface area contributed by atoms with E-state index in [1.807, 2.05) is 0 Å². The van der Waals surface area contributed by atoms with Gasteiger partial charge in [0.15, 0.2) is 0 Å². The molecule has 0 N–H and O–H groups in total. The summed E-state index contributed by atoms with van der Waals surface area (Å²) >= 11 is 0. The zero-order valence-electron chi connectivity index (χ0n) is 16.9. The van der Waals surface area contributed by atoms with Crippen molar-refractivity contribution in [2.45, 2.75) is 65.5 Å². The molecule has 2 nitrogen and oxygen atoms in total. The van der Waals surface area contributed by atoms with Crippen LogP contribution in [0, 0.1) is 0 Å². The second-order valence-corrected chi connectivity index (χ2v) is 7.60. The number of hydrogen-bond donors (Lipinski definition) is 0. The SMILES string of the molecule is CCCCc1ccc(Cn2cc[n+](Cc3ccc(CCCC)cc3)c2)cc1. The third-order valence-corrected chi connectivity index (χ3v) is 5.16. The van der Waals surface area contributed by atoms with Gasteiger partial charge < -0.3 is 0 Å².